The molecule has 0 spiro atoms. The van der Waals surface area contributed by atoms with Crippen LogP contribution in [0, 0.1) is 6.92 Å². The number of rotatable bonds is 8. The Morgan fingerprint density at radius 1 is 1.18 bits per heavy atom. The van der Waals surface area contributed by atoms with Gasteiger partial charge >= 0.3 is 0 Å². The van der Waals surface area contributed by atoms with Crippen molar-refractivity contribution in [1.82, 2.24) is 20.1 Å². The number of aromatic nitrogens is 3. The standard InChI is InChI=1S/C21H21BrN4OS/c1-3-12-26-20(17-8-10-18(22)11-9-17)24-25-21(26)28-14-19(27)23-13-16-6-4-15(2)5-7-16/h3-11H,1,12-14H2,2H3,(H,23,27). The fourth-order valence-corrected chi connectivity index (χ4v) is 3.63. The molecule has 0 atom stereocenters. The Kier molecular flexibility index (Phi) is 7.06. The molecule has 3 rings (SSSR count). The molecular formula is C21H21BrN4OS. The molecule has 1 aromatic heterocycles. The number of hydrogen-bond acceptors (Lipinski definition) is 4. The van der Waals surface area contributed by atoms with Crippen molar-refractivity contribution in [1.29, 1.82) is 0 Å². The lowest BCUT2D eigenvalue weighted by atomic mass is 10.1. The quantitative estimate of drug-likeness (QED) is 0.397. The van der Waals surface area contributed by atoms with Gasteiger partial charge in [0.15, 0.2) is 11.0 Å². The molecular weight excluding hydrogens is 436 g/mol. The minimum atomic E-state index is -0.0380. The van der Waals surface area contributed by atoms with Gasteiger partial charge in [0.1, 0.15) is 0 Å². The third kappa shape index (κ3) is 5.33. The zero-order chi connectivity index (χ0) is 19.9. The van der Waals surface area contributed by atoms with Gasteiger partial charge in [-0.2, -0.15) is 0 Å². The SMILES string of the molecule is C=CCn1c(SCC(=O)NCc2ccc(C)cc2)nnc1-c1ccc(Br)cc1. The number of thioether (sulfide) groups is 1. The number of aryl methyl sites for hydroxylation is 1. The van der Waals surface area contributed by atoms with Gasteiger partial charge in [-0.1, -0.05) is 75.7 Å². The number of benzene rings is 2. The molecule has 0 unspecified atom stereocenters. The van der Waals surface area contributed by atoms with Gasteiger partial charge in [0.05, 0.1) is 5.75 Å². The number of carbonyl (C=O) groups excluding carboxylic acids is 1. The first-order valence-corrected chi connectivity index (χ1v) is 10.6. The molecule has 0 aliphatic carbocycles. The molecule has 3 aromatic rings. The number of hydrogen-bond donors (Lipinski definition) is 1. The van der Waals surface area contributed by atoms with E-state index in [9.17, 15) is 4.79 Å². The predicted octanol–water partition coefficient (Wildman–Crippen LogP) is 4.61. The molecule has 2 aromatic carbocycles. The Morgan fingerprint density at radius 2 is 1.89 bits per heavy atom. The second-order valence-corrected chi connectivity index (χ2v) is 8.12. The van der Waals surface area contributed by atoms with E-state index in [0.29, 0.717) is 18.2 Å². The van der Waals surface area contributed by atoms with Crippen LogP contribution in [0.1, 0.15) is 11.1 Å². The van der Waals surface area contributed by atoms with Gasteiger partial charge in [-0.3, -0.25) is 9.36 Å². The highest BCUT2D eigenvalue weighted by atomic mass is 79.9. The van der Waals surface area contributed by atoms with Crippen LogP contribution in [0.15, 0.2) is 70.8 Å². The van der Waals surface area contributed by atoms with Crippen LogP contribution in [-0.2, 0) is 17.9 Å². The summed E-state index contributed by atoms with van der Waals surface area (Å²) in [4.78, 5) is 12.2. The van der Waals surface area contributed by atoms with Gasteiger partial charge in [-0.15, -0.1) is 16.8 Å². The average molecular weight is 457 g/mol. The predicted molar refractivity (Wildman–Crippen MR) is 117 cm³/mol. The number of allylic oxidation sites excluding steroid dienone is 1. The van der Waals surface area contributed by atoms with Gasteiger partial charge in [-0.25, -0.2) is 0 Å². The summed E-state index contributed by atoms with van der Waals surface area (Å²) in [6, 6.07) is 16.0. The van der Waals surface area contributed by atoms with Crippen LogP contribution in [-0.4, -0.2) is 26.4 Å². The van der Waals surface area contributed by atoms with E-state index in [1.165, 1.54) is 17.3 Å². The molecule has 1 N–H and O–H groups in total. The summed E-state index contributed by atoms with van der Waals surface area (Å²) >= 11 is 4.81. The molecule has 0 saturated heterocycles. The van der Waals surface area contributed by atoms with E-state index in [1.807, 2.05) is 60.0 Å². The van der Waals surface area contributed by atoms with Crippen molar-refractivity contribution in [3.05, 3.63) is 76.8 Å². The number of nitrogens with zero attached hydrogens (tertiary/aromatic N) is 3. The Hall–Kier alpha value is -2.38. The molecule has 5 nitrogen and oxygen atoms in total. The fourth-order valence-electron chi connectivity index (χ4n) is 2.59. The third-order valence-electron chi connectivity index (χ3n) is 4.07. The lowest BCUT2D eigenvalue weighted by molar-refractivity contribution is -0.118. The molecule has 1 amide bonds. The Morgan fingerprint density at radius 3 is 2.57 bits per heavy atom. The van der Waals surface area contributed by atoms with Gasteiger partial charge in [0.2, 0.25) is 5.91 Å². The van der Waals surface area contributed by atoms with Crippen LogP contribution in [0.2, 0.25) is 0 Å². The average Bonchev–Trinajstić information content (AvgIpc) is 3.09. The zero-order valence-corrected chi connectivity index (χ0v) is 18.0. The van der Waals surface area contributed by atoms with Crippen molar-refractivity contribution in [3.8, 4) is 11.4 Å². The Labute approximate surface area is 177 Å². The summed E-state index contributed by atoms with van der Waals surface area (Å²) in [5.41, 5.74) is 3.25. The molecule has 28 heavy (non-hydrogen) atoms. The Bertz CT molecular complexity index is 952. The van der Waals surface area contributed by atoms with Crippen molar-refractivity contribution in [2.45, 2.75) is 25.2 Å². The molecule has 0 saturated carbocycles. The molecule has 7 heteroatoms. The van der Waals surface area contributed by atoms with Crippen molar-refractivity contribution < 1.29 is 4.79 Å². The topological polar surface area (TPSA) is 59.8 Å². The highest BCUT2D eigenvalue weighted by Crippen LogP contribution is 2.25. The summed E-state index contributed by atoms with van der Waals surface area (Å²) in [7, 11) is 0. The van der Waals surface area contributed by atoms with E-state index in [4.69, 9.17) is 0 Å². The second kappa shape index (κ2) is 9.71. The van der Waals surface area contributed by atoms with Crippen LogP contribution >= 0.6 is 27.7 Å². The van der Waals surface area contributed by atoms with Gasteiger partial charge in [-0.05, 0) is 24.6 Å². The van der Waals surface area contributed by atoms with Crippen molar-refractivity contribution >= 4 is 33.6 Å². The molecule has 1 heterocycles. The van der Waals surface area contributed by atoms with Crippen LogP contribution in [0.5, 0.6) is 0 Å². The maximum absolute atomic E-state index is 12.2. The molecule has 0 aliphatic rings. The lowest BCUT2D eigenvalue weighted by Crippen LogP contribution is -2.24. The summed E-state index contributed by atoms with van der Waals surface area (Å²) in [6.45, 7) is 6.95. The fraction of sp³-hybridized carbons (Fsp3) is 0.190. The van der Waals surface area contributed by atoms with Gasteiger partial charge in [0.25, 0.3) is 0 Å². The van der Waals surface area contributed by atoms with E-state index >= 15 is 0 Å². The van der Waals surface area contributed by atoms with E-state index in [1.54, 1.807) is 6.08 Å². The molecule has 0 radical (unpaired) electrons. The van der Waals surface area contributed by atoms with E-state index in [0.717, 1.165) is 21.4 Å². The number of halogens is 1. The van der Waals surface area contributed by atoms with Crippen molar-refractivity contribution in [2.75, 3.05) is 5.75 Å². The lowest BCUT2D eigenvalue weighted by Gasteiger charge is -2.08. The van der Waals surface area contributed by atoms with Crippen molar-refractivity contribution in [2.24, 2.45) is 0 Å². The van der Waals surface area contributed by atoms with Crippen molar-refractivity contribution in [3.63, 3.8) is 0 Å². The minimum absolute atomic E-state index is 0.0380. The number of amides is 1. The maximum atomic E-state index is 12.2. The largest absolute Gasteiger partial charge is 0.351 e. The molecule has 144 valence electrons. The summed E-state index contributed by atoms with van der Waals surface area (Å²) in [6.07, 6.45) is 1.80. The van der Waals surface area contributed by atoms with Crippen LogP contribution < -0.4 is 5.32 Å². The second-order valence-electron chi connectivity index (χ2n) is 6.26. The first kappa shape index (κ1) is 20.4. The summed E-state index contributed by atoms with van der Waals surface area (Å²) in [5, 5.41) is 12.2. The first-order valence-electron chi connectivity index (χ1n) is 8.82. The summed E-state index contributed by atoms with van der Waals surface area (Å²) < 4.78 is 2.97. The Balaban J connectivity index is 1.63. The van der Waals surface area contributed by atoms with Crippen LogP contribution in [0.3, 0.4) is 0 Å². The summed E-state index contributed by atoms with van der Waals surface area (Å²) in [5.74, 6) is 1.00. The highest BCUT2D eigenvalue weighted by Gasteiger charge is 2.15. The van der Waals surface area contributed by atoms with Crippen LogP contribution in [0.4, 0.5) is 0 Å². The van der Waals surface area contributed by atoms with E-state index in [-0.39, 0.29) is 11.7 Å². The monoisotopic (exact) mass is 456 g/mol. The van der Waals surface area contributed by atoms with Crippen LogP contribution in [0.25, 0.3) is 11.4 Å². The first-order chi connectivity index (χ1) is 13.6. The van der Waals surface area contributed by atoms with Gasteiger partial charge in [0, 0.05) is 23.1 Å². The molecule has 0 fully saturated rings. The zero-order valence-electron chi connectivity index (χ0n) is 15.6. The highest BCUT2D eigenvalue weighted by molar-refractivity contribution is 9.10. The number of carbonyl (C=O) groups is 1. The normalized spacial score (nSPS) is 10.6. The van der Waals surface area contributed by atoms with Gasteiger partial charge < -0.3 is 5.32 Å². The minimum Gasteiger partial charge on any atom is -0.351 e. The smallest absolute Gasteiger partial charge is 0.230 e. The molecule has 0 aliphatic heterocycles. The van der Waals surface area contributed by atoms with E-state index < -0.39 is 0 Å². The number of nitrogens with one attached hydrogen (secondary N) is 1. The third-order valence-corrected chi connectivity index (χ3v) is 5.57. The molecule has 0 bridgehead atoms. The van der Waals surface area contributed by atoms with E-state index in [2.05, 4.69) is 38.0 Å². The maximum Gasteiger partial charge on any atom is 0.230 e.